The second-order valence-corrected chi connectivity index (χ2v) is 11.1. The molecular formula is C23H30N6O4S. The van der Waals surface area contributed by atoms with Gasteiger partial charge in [0, 0.05) is 44.5 Å². The average Bonchev–Trinajstić information content (AvgIpc) is 3.24. The molecule has 1 aliphatic rings. The molecular weight excluding hydrogens is 456 g/mol. The fraction of sp³-hybridized carbons (Fsp3) is 0.435. The maximum absolute atomic E-state index is 13.2. The van der Waals surface area contributed by atoms with Crippen LogP contribution in [0.25, 0.3) is 5.65 Å². The minimum absolute atomic E-state index is 0.156. The zero-order chi connectivity index (χ0) is 24.6. The number of hydrogen-bond acceptors (Lipinski definition) is 7. The van der Waals surface area contributed by atoms with E-state index in [1.165, 1.54) is 26.2 Å². The van der Waals surface area contributed by atoms with Crippen LogP contribution in [0.1, 0.15) is 48.7 Å². The number of hydrogen-bond donors (Lipinski definition) is 2. The molecule has 1 fully saturated rings. The van der Waals surface area contributed by atoms with E-state index >= 15 is 0 Å². The fourth-order valence-corrected chi connectivity index (χ4v) is 4.79. The quantitative estimate of drug-likeness (QED) is 0.549. The van der Waals surface area contributed by atoms with Crippen molar-refractivity contribution in [1.82, 2.24) is 23.8 Å². The summed E-state index contributed by atoms with van der Waals surface area (Å²) in [6, 6.07) is 8.06. The van der Waals surface area contributed by atoms with Gasteiger partial charge in [-0.25, -0.2) is 17.7 Å². The van der Waals surface area contributed by atoms with Crippen molar-refractivity contribution in [3.63, 3.8) is 0 Å². The molecule has 2 aromatic heterocycles. The van der Waals surface area contributed by atoms with Crippen molar-refractivity contribution in [2.45, 2.75) is 43.6 Å². The predicted molar refractivity (Wildman–Crippen MR) is 129 cm³/mol. The highest BCUT2D eigenvalue weighted by Gasteiger charge is 2.25. The minimum atomic E-state index is -3.53. The van der Waals surface area contributed by atoms with Gasteiger partial charge in [-0.2, -0.15) is 9.61 Å². The normalized spacial score (nSPS) is 15.4. The number of aliphatic hydroxyl groups excluding tert-OH is 1. The third kappa shape index (κ3) is 4.63. The Morgan fingerprint density at radius 3 is 2.41 bits per heavy atom. The van der Waals surface area contributed by atoms with Crippen molar-refractivity contribution < 1.29 is 18.3 Å². The van der Waals surface area contributed by atoms with Crippen LogP contribution in [0.2, 0.25) is 0 Å². The number of aliphatic hydroxyl groups is 1. The number of carbonyl (C=O) groups excluding carboxylic acids is 1. The zero-order valence-electron chi connectivity index (χ0n) is 19.8. The van der Waals surface area contributed by atoms with Crippen molar-refractivity contribution in [2.75, 3.05) is 32.5 Å². The van der Waals surface area contributed by atoms with Crippen molar-refractivity contribution in [3.05, 3.63) is 47.8 Å². The molecule has 1 aromatic carbocycles. The average molecular weight is 487 g/mol. The Hall–Kier alpha value is -3.02. The summed E-state index contributed by atoms with van der Waals surface area (Å²) in [6.07, 6.45) is 2.46. The third-order valence-corrected chi connectivity index (χ3v) is 7.83. The molecule has 10 nitrogen and oxygen atoms in total. The molecule has 0 unspecified atom stereocenters. The first-order valence-electron chi connectivity index (χ1n) is 11.2. The summed E-state index contributed by atoms with van der Waals surface area (Å²) in [4.78, 5) is 19.8. The Morgan fingerprint density at radius 1 is 1.18 bits per heavy atom. The van der Waals surface area contributed by atoms with Crippen LogP contribution in [0.4, 0.5) is 11.5 Å². The number of amides is 1. The van der Waals surface area contributed by atoms with E-state index in [-0.39, 0.29) is 22.8 Å². The van der Waals surface area contributed by atoms with Gasteiger partial charge in [0.2, 0.25) is 10.0 Å². The second kappa shape index (κ2) is 9.32. The molecule has 34 heavy (non-hydrogen) atoms. The number of likely N-dealkylation sites (tertiary alicyclic amines) is 1. The molecule has 2 N–H and O–H groups in total. The Bertz CT molecular complexity index is 1290. The molecule has 0 aliphatic carbocycles. The molecule has 1 saturated heterocycles. The summed E-state index contributed by atoms with van der Waals surface area (Å²) in [6.45, 7) is 5.04. The lowest BCUT2D eigenvalue weighted by molar-refractivity contribution is 0.0541. The molecule has 0 radical (unpaired) electrons. The summed E-state index contributed by atoms with van der Waals surface area (Å²) >= 11 is 0. The number of nitrogens with zero attached hydrogens (tertiary/aromatic N) is 5. The van der Waals surface area contributed by atoms with E-state index in [9.17, 15) is 18.3 Å². The summed E-state index contributed by atoms with van der Waals surface area (Å²) < 4.78 is 27.5. The highest BCUT2D eigenvalue weighted by molar-refractivity contribution is 7.89. The Labute approximate surface area is 199 Å². The molecule has 3 heterocycles. The number of rotatable bonds is 6. The molecule has 0 atom stereocenters. The van der Waals surface area contributed by atoms with E-state index in [0.29, 0.717) is 48.8 Å². The van der Waals surface area contributed by atoms with Gasteiger partial charge >= 0.3 is 0 Å². The van der Waals surface area contributed by atoms with Crippen molar-refractivity contribution in [3.8, 4) is 0 Å². The first-order chi connectivity index (χ1) is 16.1. The van der Waals surface area contributed by atoms with Gasteiger partial charge in [0.25, 0.3) is 5.91 Å². The van der Waals surface area contributed by atoms with E-state index in [2.05, 4.69) is 15.4 Å². The first kappa shape index (κ1) is 24.1. The largest absolute Gasteiger partial charge is 0.393 e. The Balaban J connectivity index is 1.71. The van der Waals surface area contributed by atoms with Crippen LogP contribution < -0.4 is 5.32 Å². The number of carbonyl (C=O) groups is 1. The minimum Gasteiger partial charge on any atom is -0.393 e. The number of piperidine rings is 1. The maximum Gasteiger partial charge on any atom is 0.272 e. The molecule has 0 bridgehead atoms. The van der Waals surface area contributed by atoms with Crippen molar-refractivity contribution >= 4 is 33.1 Å². The van der Waals surface area contributed by atoms with Gasteiger partial charge in [0.15, 0.2) is 5.65 Å². The highest BCUT2D eigenvalue weighted by Crippen LogP contribution is 2.26. The molecule has 0 saturated carbocycles. The van der Waals surface area contributed by atoms with Crippen LogP contribution in [0.5, 0.6) is 0 Å². The number of nitrogens with one attached hydrogen (secondary N) is 1. The van der Waals surface area contributed by atoms with Crippen molar-refractivity contribution in [2.24, 2.45) is 0 Å². The SMILES string of the molecule is CC(C)c1cnn2c(Nc3ccc(S(=O)(=O)N(C)C)cc3)cc(C(=O)N3CCC(O)CC3)nc12. The lowest BCUT2D eigenvalue weighted by Gasteiger charge is -2.29. The standard InChI is InChI=1S/C23H30N6O4S/c1-15(2)19-14-24-29-21(25-16-5-7-18(8-6-16)34(32,33)27(3)4)13-20(26-22(19)29)23(31)28-11-9-17(30)10-12-28/h5-8,13-15,17,25,30H,9-12H2,1-4H3. The summed E-state index contributed by atoms with van der Waals surface area (Å²) in [5.74, 6) is 0.505. The number of sulfonamides is 1. The van der Waals surface area contributed by atoms with Gasteiger partial charge in [-0.15, -0.1) is 0 Å². The summed E-state index contributed by atoms with van der Waals surface area (Å²) in [7, 11) is -0.558. The molecule has 11 heteroatoms. The van der Waals surface area contributed by atoms with Crippen LogP contribution in [0.3, 0.4) is 0 Å². The predicted octanol–water partition coefficient (Wildman–Crippen LogP) is 2.44. The van der Waals surface area contributed by atoms with E-state index < -0.39 is 10.0 Å². The number of fused-ring (bicyclic) bond motifs is 1. The number of anilines is 2. The highest BCUT2D eigenvalue weighted by atomic mass is 32.2. The molecule has 1 amide bonds. The molecule has 0 spiro atoms. The van der Waals surface area contributed by atoms with Crippen molar-refractivity contribution in [1.29, 1.82) is 0 Å². The van der Waals surface area contributed by atoms with E-state index in [1.54, 1.807) is 33.8 Å². The van der Waals surface area contributed by atoms with Gasteiger partial charge in [0.05, 0.1) is 17.2 Å². The first-order valence-corrected chi connectivity index (χ1v) is 12.7. The Morgan fingerprint density at radius 2 is 1.82 bits per heavy atom. The van der Waals surface area contributed by atoms with Crippen LogP contribution in [0.15, 0.2) is 41.4 Å². The van der Waals surface area contributed by atoms with Crippen LogP contribution in [0, 0.1) is 0 Å². The monoisotopic (exact) mass is 486 g/mol. The van der Waals surface area contributed by atoms with E-state index in [4.69, 9.17) is 0 Å². The maximum atomic E-state index is 13.2. The Kier molecular flexibility index (Phi) is 6.61. The third-order valence-electron chi connectivity index (χ3n) is 6.00. The lowest BCUT2D eigenvalue weighted by atomic mass is 10.1. The second-order valence-electron chi connectivity index (χ2n) is 8.98. The number of benzene rings is 1. The van der Waals surface area contributed by atoms with Gasteiger partial charge in [-0.3, -0.25) is 4.79 Å². The molecule has 182 valence electrons. The lowest BCUT2D eigenvalue weighted by Crippen LogP contribution is -2.40. The van der Waals surface area contributed by atoms with E-state index in [1.807, 2.05) is 13.8 Å². The zero-order valence-corrected chi connectivity index (χ0v) is 20.6. The van der Waals surface area contributed by atoms with Crippen LogP contribution in [-0.2, 0) is 10.0 Å². The van der Waals surface area contributed by atoms with Gasteiger partial charge < -0.3 is 15.3 Å². The van der Waals surface area contributed by atoms with Gasteiger partial charge in [-0.1, -0.05) is 13.8 Å². The van der Waals surface area contributed by atoms with Gasteiger partial charge in [0.1, 0.15) is 11.5 Å². The molecule has 4 rings (SSSR count). The van der Waals surface area contributed by atoms with E-state index in [0.717, 1.165) is 9.87 Å². The smallest absolute Gasteiger partial charge is 0.272 e. The molecule has 1 aliphatic heterocycles. The topological polar surface area (TPSA) is 120 Å². The summed E-state index contributed by atoms with van der Waals surface area (Å²) in [5.41, 5.74) is 2.44. The number of aromatic nitrogens is 3. The molecule has 3 aromatic rings. The van der Waals surface area contributed by atoms with Crippen LogP contribution >= 0.6 is 0 Å². The van der Waals surface area contributed by atoms with Gasteiger partial charge in [-0.05, 0) is 43.0 Å². The summed E-state index contributed by atoms with van der Waals surface area (Å²) in [5, 5.41) is 17.5. The fourth-order valence-electron chi connectivity index (χ4n) is 3.89. The van der Waals surface area contributed by atoms with Crippen LogP contribution in [-0.4, -0.2) is 76.5 Å².